The summed E-state index contributed by atoms with van der Waals surface area (Å²) in [5, 5.41) is 2.57. The third kappa shape index (κ3) is 5.22. The zero-order valence-corrected chi connectivity index (χ0v) is 18.6. The number of Topliss-reactive ketones (excluding diaryl/α,β-unsaturated/α-hetero) is 1. The number of aromatic nitrogens is 2. The van der Waals surface area contributed by atoms with E-state index in [-0.39, 0.29) is 22.9 Å². The third-order valence-electron chi connectivity index (χ3n) is 5.75. The van der Waals surface area contributed by atoms with Gasteiger partial charge in [-0.2, -0.15) is 0 Å². The summed E-state index contributed by atoms with van der Waals surface area (Å²) in [5.74, 6) is 0.297. The Kier molecular flexibility index (Phi) is 7.05. The number of sulfone groups is 1. The van der Waals surface area contributed by atoms with Gasteiger partial charge in [0, 0.05) is 23.3 Å². The maximum Gasteiger partial charge on any atom is 0.252 e. The monoisotopic (exact) mass is 436 g/mol. The van der Waals surface area contributed by atoms with E-state index in [4.69, 9.17) is 0 Å². The number of carbonyl (C=O) groups excluding carboxylic acids is 1. The number of thiazole rings is 1. The summed E-state index contributed by atoms with van der Waals surface area (Å²) in [6.07, 6.45) is 8.14. The molecule has 8 heteroatoms. The maximum absolute atomic E-state index is 13.2. The molecule has 2 aromatic heterocycles. The van der Waals surface area contributed by atoms with Crippen LogP contribution in [0.15, 0.2) is 33.4 Å². The molecule has 1 aliphatic rings. The first-order valence-electron chi connectivity index (χ1n) is 10.2. The van der Waals surface area contributed by atoms with Gasteiger partial charge in [0.15, 0.2) is 15.6 Å². The van der Waals surface area contributed by atoms with Crippen molar-refractivity contribution >= 4 is 27.0 Å². The van der Waals surface area contributed by atoms with Gasteiger partial charge in [0.05, 0.1) is 28.1 Å². The largest absolute Gasteiger partial charge is 0.302 e. The summed E-state index contributed by atoms with van der Waals surface area (Å²) in [4.78, 5) is 30.4. The lowest BCUT2D eigenvalue weighted by Gasteiger charge is -2.28. The van der Waals surface area contributed by atoms with Crippen LogP contribution >= 0.6 is 11.3 Å². The van der Waals surface area contributed by atoms with Crippen molar-refractivity contribution in [2.75, 3.05) is 5.75 Å². The molecule has 0 aromatic carbocycles. The lowest BCUT2D eigenvalue weighted by atomic mass is 9.83. The van der Waals surface area contributed by atoms with E-state index in [2.05, 4.69) is 4.98 Å². The standard InChI is InChI=1S/C21H28N2O4S2/c1-3-29(26,27)17-11-15(2)23(21(25)13-17)18(12-16-7-5-4-6-8-16)19(24)14-20-22-9-10-28-20/h9-11,13,16,18H,3-8,12,14H2,1-2H3. The van der Waals surface area contributed by atoms with Crippen molar-refractivity contribution in [2.24, 2.45) is 5.92 Å². The first kappa shape index (κ1) is 21.9. The molecule has 158 valence electrons. The van der Waals surface area contributed by atoms with Crippen molar-refractivity contribution in [3.8, 4) is 0 Å². The number of ketones is 1. The second kappa shape index (κ2) is 9.34. The Morgan fingerprint density at radius 1 is 1.28 bits per heavy atom. The zero-order chi connectivity index (χ0) is 21.0. The summed E-state index contributed by atoms with van der Waals surface area (Å²) >= 11 is 1.43. The second-order valence-corrected chi connectivity index (χ2v) is 11.0. The van der Waals surface area contributed by atoms with E-state index >= 15 is 0 Å². The number of pyridine rings is 1. The van der Waals surface area contributed by atoms with Gasteiger partial charge in [-0.25, -0.2) is 13.4 Å². The lowest BCUT2D eigenvalue weighted by molar-refractivity contribution is -0.122. The third-order valence-corrected chi connectivity index (χ3v) is 8.24. The molecule has 0 aliphatic heterocycles. The SMILES string of the molecule is CCS(=O)(=O)c1cc(C)n(C(CC2CCCCC2)C(=O)Cc2nccs2)c(=O)c1. The summed E-state index contributed by atoms with van der Waals surface area (Å²) in [6, 6.07) is 2.09. The highest BCUT2D eigenvalue weighted by atomic mass is 32.2. The fourth-order valence-corrected chi connectivity index (χ4v) is 5.74. The van der Waals surface area contributed by atoms with Gasteiger partial charge in [-0.1, -0.05) is 39.0 Å². The van der Waals surface area contributed by atoms with Crippen LogP contribution in [0.3, 0.4) is 0 Å². The maximum atomic E-state index is 13.2. The van der Waals surface area contributed by atoms with Gasteiger partial charge in [-0.15, -0.1) is 11.3 Å². The van der Waals surface area contributed by atoms with Crippen LogP contribution in [0.2, 0.25) is 0 Å². The van der Waals surface area contributed by atoms with Gasteiger partial charge < -0.3 is 4.57 Å². The van der Waals surface area contributed by atoms with E-state index in [1.54, 1.807) is 20.0 Å². The summed E-state index contributed by atoms with van der Waals surface area (Å²) < 4.78 is 26.0. The van der Waals surface area contributed by atoms with Crippen molar-refractivity contribution in [2.45, 2.75) is 69.7 Å². The molecule has 2 heterocycles. The van der Waals surface area contributed by atoms with Crippen LogP contribution in [-0.2, 0) is 21.1 Å². The Morgan fingerprint density at radius 3 is 2.59 bits per heavy atom. The Morgan fingerprint density at radius 2 is 2.00 bits per heavy atom. The Labute approximate surface area is 175 Å². The van der Waals surface area contributed by atoms with Crippen molar-refractivity contribution < 1.29 is 13.2 Å². The quantitative estimate of drug-likeness (QED) is 0.629. The molecular formula is C21H28N2O4S2. The molecule has 2 aromatic rings. The lowest BCUT2D eigenvalue weighted by Crippen LogP contribution is -2.34. The van der Waals surface area contributed by atoms with Gasteiger partial charge in [0.25, 0.3) is 5.56 Å². The average molecular weight is 437 g/mol. The van der Waals surface area contributed by atoms with Gasteiger partial charge in [-0.3, -0.25) is 9.59 Å². The Hall–Kier alpha value is -1.80. The normalized spacial score (nSPS) is 16.6. The predicted molar refractivity (Wildman–Crippen MR) is 114 cm³/mol. The summed E-state index contributed by atoms with van der Waals surface area (Å²) in [7, 11) is -3.48. The molecule has 0 bridgehead atoms. The van der Waals surface area contributed by atoms with Crippen molar-refractivity contribution in [1.29, 1.82) is 0 Å². The first-order chi connectivity index (χ1) is 13.8. The van der Waals surface area contributed by atoms with E-state index in [9.17, 15) is 18.0 Å². The molecule has 1 atom stereocenters. The fourth-order valence-electron chi connectivity index (χ4n) is 4.15. The Balaban J connectivity index is 1.98. The van der Waals surface area contributed by atoms with Crippen molar-refractivity contribution in [3.63, 3.8) is 0 Å². The summed E-state index contributed by atoms with van der Waals surface area (Å²) in [5.41, 5.74) is 0.0862. The molecule has 1 aliphatic carbocycles. The number of hydrogen-bond acceptors (Lipinski definition) is 6. The molecule has 0 spiro atoms. The van der Waals surface area contributed by atoms with Crippen LogP contribution in [0.1, 0.15) is 62.2 Å². The summed E-state index contributed by atoms with van der Waals surface area (Å²) in [6.45, 7) is 3.26. The van der Waals surface area contributed by atoms with Crippen LogP contribution in [0, 0.1) is 12.8 Å². The average Bonchev–Trinajstić information content (AvgIpc) is 3.20. The minimum absolute atomic E-state index is 0.0301. The van der Waals surface area contributed by atoms with Crippen LogP contribution in [0.4, 0.5) is 0 Å². The molecule has 0 N–H and O–H groups in total. The number of aryl methyl sites for hydroxylation is 1. The first-order valence-corrected chi connectivity index (χ1v) is 12.7. The highest BCUT2D eigenvalue weighted by Gasteiger charge is 2.29. The molecule has 29 heavy (non-hydrogen) atoms. The number of nitrogens with zero attached hydrogens (tertiary/aromatic N) is 2. The van der Waals surface area contributed by atoms with Crippen LogP contribution in [-0.4, -0.2) is 29.5 Å². The highest BCUT2D eigenvalue weighted by Crippen LogP contribution is 2.32. The van der Waals surface area contributed by atoms with Gasteiger partial charge >= 0.3 is 0 Å². The Bertz CT molecular complexity index is 1000. The fraction of sp³-hybridized carbons (Fsp3) is 0.571. The second-order valence-electron chi connectivity index (χ2n) is 7.77. The van der Waals surface area contributed by atoms with E-state index in [1.165, 1.54) is 28.4 Å². The van der Waals surface area contributed by atoms with Gasteiger partial charge in [-0.05, 0) is 25.3 Å². The number of hydrogen-bond donors (Lipinski definition) is 0. The van der Waals surface area contributed by atoms with Crippen molar-refractivity contribution in [1.82, 2.24) is 9.55 Å². The molecule has 3 rings (SSSR count). The minimum atomic E-state index is -3.48. The number of carbonyl (C=O) groups is 1. The topological polar surface area (TPSA) is 86.1 Å². The van der Waals surface area contributed by atoms with Crippen LogP contribution in [0.5, 0.6) is 0 Å². The smallest absolute Gasteiger partial charge is 0.252 e. The zero-order valence-electron chi connectivity index (χ0n) is 17.0. The molecule has 6 nitrogen and oxygen atoms in total. The van der Waals surface area contributed by atoms with Crippen LogP contribution < -0.4 is 5.56 Å². The van der Waals surface area contributed by atoms with Gasteiger partial charge in [0.2, 0.25) is 0 Å². The molecule has 0 radical (unpaired) electrons. The van der Waals surface area contributed by atoms with E-state index in [0.717, 1.165) is 36.8 Å². The number of rotatable bonds is 8. The predicted octanol–water partition coefficient (Wildman–Crippen LogP) is 3.73. The molecular weight excluding hydrogens is 408 g/mol. The van der Waals surface area contributed by atoms with E-state index in [0.29, 0.717) is 18.0 Å². The molecule has 1 unspecified atom stereocenters. The molecule has 0 saturated heterocycles. The van der Waals surface area contributed by atoms with Crippen LogP contribution in [0.25, 0.3) is 0 Å². The molecule has 0 amide bonds. The molecule has 1 fully saturated rings. The van der Waals surface area contributed by atoms with E-state index < -0.39 is 21.4 Å². The molecule has 1 saturated carbocycles. The minimum Gasteiger partial charge on any atom is -0.302 e. The van der Waals surface area contributed by atoms with Gasteiger partial charge in [0.1, 0.15) is 0 Å². The highest BCUT2D eigenvalue weighted by molar-refractivity contribution is 7.91. The van der Waals surface area contributed by atoms with Crippen molar-refractivity contribution in [3.05, 3.63) is 44.8 Å². The van der Waals surface area contributed by atoms with E-state index in [1.807, 2.05) is 5.38 Å².